The van der Waals surface area contributed by atoms with E-state index in [1.807, 2.05) is 61.5 Å². The number of nitrogens with one attached hydrogen (secondary N) is 1. The highest BCUT2D eigenvalue weighted by Gasteiger charge is 2.22. The quantitative estimate of drug-likeness (QED) is 0.553. The van der Waals surface area contributed by atoms with Crippen molar-refractivity contribution in [1.82, 2.24) is 4.98 Å². The van der Waals surface area contributed by atoms with Crippen molar-refractivity contribution in [2.75, 3.05) is 12.4 Å². The van der Waals surface area contributed by atoms with E-state index in [2.05, 4.69) is 10.3 Å². The predicted molar refractivity (Wildman–Crippen MR) is 105 cm³/mol. The van der Waals surface area contributed by atoms with Crippen LogP contribution in [0.15, 0.2) is 71.3 Å². The molecule has 0 atom stereocenters. The molecular formula is C22H18N2O3. The van der Waals surface area contributed by atoms with E-state index in [0.717, 1.165) is 22.1 Å². The molecule has 134 valence electrons. The number of benzene rings is 2. The second-order valence-corrected chi connectivity index (χ2v) is 6.21. The molecule has 0 saturated heterocycles. The first kappa shape index (κ1) is 16.8. The van der Waals surface area contributed by atoms with Crippen LogP contribution in [0.1, 0.15) is 16.1 Å². The van der Waals surface area contributed by atoms with Crippen LogP contribution in [0.25, 0.3) is 22.1 Å². The molecule has 0 saturated carbocycles. The zero-order chi connectivity index (χ0) is 18.8. The molecule has 0 aliphatic rings. The summed E-state index contributed by atoms with van der Waals surface area (Å²) in [5.41, 5.74) is 3.26. The van der Waals surface area contributed by atoms with E-state index in [1.54, 1.807) is 19.4 Å². The molecule has 4 rings (SSSR count). The normalized spacial score (nSPS) is 10.7. The molecule has 0 unspecified atom stereocenters. The summed E-state index contributed by atoms with van der Waals surface area (Å²) in [5.74, 6) is 1.05. The minimum absolute atomic E-state index is 0.243. The van der Waals surface area contributed by atoms with Gasteiger partial charge in [-0.1, -0.05) is 30.3 Å². The predicted octanol–water partition coefficient (Wildman–Crippen LogP) is 5.06. The van der Waals surface area contributed by atoms with Crippen LogP contribution in [0.4, 0.5) is 5.82 Å². The SMILES string of the molecule is COc1ccc2c(-c3ccccc3)c(C(=O)Nc3cc(C)ccn3)oc2c1. The second-order valence-electron chi connectivity index (χ2n) is 6.21. The highest BCUT2D eigenvalue weighted by Crippen LogP contribution is 2.36. The average molecular weight is 358 g/mol. The first-order valence-electron chi connectivity index (χ1n) is 8.55. The van der Waals surface area contributed by atoms with Gasteiger partial charge in [0.25, 0.3) is 5.91 Å². The Labute approximate surface area is 156 Å². The number of anilines is 1. The molecule has 1 amide bonds. The molecule has 0 radical (unpaired) electrons. The first-order valence-corrected chi connectivity index (χ1v) is 8.55. The summed E-state index contributed by atoms with van der Waals surface area (Å²) in [6.07, 6.45) is 1.66. The molecule has 0 aliphatic carbocycles. The monoisotopic (exact) mass is 358 g/mol. The average Bonchev–Trinajstić information content (AvgIpc) is 3.07. The van der Waals surface area contributed by atoms with Crippen LogP contribution in [0.3, 0.4) is 0 Å². The Morgan fingerprint density at radius 1 is 1.07 bits per heavy atom. The van der Waals surface area contributed by atoms with E-state index in [0.29, 0.717) is 17.2 Å². The van der Waals surface area contributed by atoms with Gasteiger partial charge in [-0.3, -0.25) is 4.79 Å². The third-order valence-corrected chi connectivity index (χ3v) is 4.32. The number of carbonyl (C=O) groups is 1. The van der Waals surface area contributed by atoms with Crippen LogP contribution in [0.2, 0.25) is 0 Å². The van der Waals surface area contributed by atoms with E-state index >= 15 is 0 Å². The molecule has 0 fully saturated rings. The summed E-state index contributed by atoms with van der Waals surface area (Å²) < 4.78 is 11.2. The van der Waals surface area contributed by atoms with Crippen LogP contribution >= 0.6 is 0 Å². The van der Waals surface area contributed by atoms with Crippen molar-refractivity contribution < 1.29 is 13.9 Å². The van der Waals surface area contributed by atoms with Crippen LogP contribution in [0, 0.1) is 6.92 Å². The molecule has 0 bridgehead atoms. The van der Waals surface area contributed by atoms with E-state index in [-0.39, 0.29) is 11.7 Å². The summed E-state index contributed by atoms with van der Waals surface area (Å²) in [7, 11) is 1.60. The lowest BCUT2D eigenvalue weighted by Crippen LogP contribution is -2.13. The molecule has 2 aromatic carbocycles. The number of pyridine rings is 1. The smallest absolute Gasteiger partial charge is 0.293 e. The van der Waals surface area contributed by atoms with Gasteiger partial charge in [0.2, 0.25) is 5.76 Å². The van der Waals surface area contributed by atoms with Crippen molar-refractivity contribution in [2.24, 2.45) is 0 Å². The lowest BCUT2D eigenvalue weighted by atomic mass is 10.0. The van der Waals surface area contributed by atoms with Crippen molar-refractivity contribution >= 4 is 22.7 Å². The molecule has 5 nitrogen and oxygen atoms in total. The zero-order valence-electron chi connectivity index (χ0n) is 15.0. The van der Waals surface area contributed by atoms with Crippen LogP contribution in [-0.4, -0.2) is 18.0 Å². The Morgan fingerprint density at radius 2 is 1.89 bits per heavy atom. The summed E-state index contributed by atoms with van der Waals surface area (Å²) in [4.78, 5) is 17.2. The minimum Gasteiger partial charge on any atom is -0.497 e. The Kier molecular flexibility index (Phi) is 4.34. The molecule has 0 aliphatic heterocycles. The van der Waals surface area contributed by atoms with Crippen molar-refractivity contribution in [3.8, 4) is 16.9 Å². The molecule has 2 aromatic heterocycles. The van der Waals surface area contributed by atoms with Crippen LogP contribution in [0.5, 0.6) is 5.75 Å². The number of ether oxygens (including phenoxy) is 1. The van der Waals surface area contributed by atoms with Gasteiger partial charge in [-0.25, -0.2) is 4.98 Å². The van der Waals surface area contributed by atoms with Crippen LogP contribution < -0.4 is 10.1 Å². The topological polar surface area (TPSA) is 64.4 Å². The second kappa shape index (κ2) is 6.96. The Bertz CT molecular complexity index is 1120. The summed E-state index contributed by atoms with van der Waals surface area (Å²) in [6.45, 7) is 1.94. The number of nitrogens with zero attached hydrogens (tertiary/aromatic N) is 1. The zero-order valence-corrected chi connectivity index (χ0v) is 15.0. The van der Waals surface area contributed by atoms with Crippen LogP contribution in [-0.2, 0) is 0 Å². The maximum atomic E-state index is 13.0. The standard InChI is InChI=1S/C22H18N2O3/c1-14-10-11-23-19(12-14)24-22(25)21-20(15-6-4-3-5-7-15)17-9-8-16(26-2)13-18(17)27-21/h3-13H,1-2H3,(H,23,24,25). The largest absolute Gasteiger partial charge is 0.497 e. The number of methoxy groups -OCH3 is 1. The fraction of sp³-hybridized carbons (Fsp3) is 0.0909. The number of amides is 1. The summed E-state index contributed by atoms with van der Waals surface area (Å²) in [6, 6.07) is 18.9. The number of carbonyl (C=O) groups excluding carboxylic acids is 1. The van der Waals surface area contributed by atoms with Gasteiger partial charge in [-0.05, 0) is 42.3 Å². The van der Waals surface area contributed by atoms with Gasteiger partial charge in [0.15, 0.2) is 0 Å². The fourth-order valence-corrected chi connectivity index (χ4v) is 3.03. The van der Waals surface area contributed by atoms with Gasteiger partial charge in [0.1, 0.15) is 17.2 Å². The van der Waals surface area contributed by atoms with Gasteiger partial charge >= 0.3 is 0 Å². The Morgan fingerprint density at radius 3 is 2.63 bits per heavy atom. The highest BCUT2D eigenvalue weighted by molar-refractivity contribution is 6.12. The molecule has 4 aromatic rings. The Balaban J connectivity index is 1.84. The van der Waals surface area contributed by atoms with Crippen molar-refractivity contribution in [1.29, 1.82) is 0 Å². The molecule has 27 heavy (non-hydrogen) atoms. The van der Waals surface area contributed by atoms with Gasteiger partial charge in [0, 0.05) is 23.2 Å². The van der Waals surface area contributed by atoms with Gasteiger partial charge in [-0.15, -0.1) is 0 Å². The lowest BCUT2D eigenvalue weighted by molar-refractivity contribution is 0.0999. The highest BCUT2D eigenvalue weighted by atomic mass is 16.5. The van der Waals surface area contributed by atoms with Gasteiger partial charge in [-0.2, -0.15) is 0 Å². The molecule has 5 heteroatoms. The van der Waals surface area contributed by atoms with Gasteiger partial charge in [0.05, 0.1) is 7.11 Å². The van der Waals surface area contributed by atoms with Gasteiger partial charge < -0.3 is 14.5 Å². The minimum atomic E-state index is -0.345. The van der Waals surface area contributed by atoms with E-state index in [9.17, 15) is 4.79 Å². The number of hydrogen-bond acceptors (Lipinski definition) is 4. The molecular weight excluding hydrogens is 340 g/mol. The van der Waals surface area contributed by atoms with E-state index in [1.165, 1.54) is 0 Å². The fourth-order valence-electron chi connectivity index (χ4n) is 3.03. The summed E-state index contributed by atoms with van der Waals surface area (Å²) in [5, 5.41) is 3.67. The van der Waals surface area contributed by atoms with Crippen molar-refractivity contribution in [3.05, 3.63) is 78.2 Å². The number of aromatic nitrogens is 1. The third kappa shape index (κ3) is 3.27. The van der Waals surface area contributed by atoms with E-state index < -0.39 is 0 Å². The Hall–Kier alpha value is -3.60. The number of furan rings is 1. The molecule has 0 spiro atoms. The van der Waals surface area contributed by atoms with E-state index in [4.69, 9.17) is 9.15 Å². The molecule has 2 heterocycles. The summed E-state index contributed by atoms with van der Waals surface area (Å²) >= 11 is 0. The third-order valence-electron chi connectivity index (χ3n) is 4.32. The molecule has 1 N–H and O–H groups in total. The number of fused-ring (bicyclic) bond motifs is 1. The first-order chi connectivity index (χ1) is 13.2. The number of rotatable bonds is 4. The maximum Gasteiger partial charge on any atom is 0.293 e. The maximum absolute atomic E-state index is 13.0. The van der Waals surface area contributed by atoms with Crippen molar-refractivity contribution in [2.45, 2.75) is 6.92 Å². The lowest BCUT2D eigenvalue weighted by Gasteiger charge is -2.06. The number of hydrogen-bond donors (Lipinski definition) is 1. The van der Waals surface area contributed by atoms with Crippen molar-refractivity contribution in [3.63, 3.8) is 0 Å². The number of aryl methyl sites for hydroxylation is 1.